The zero-order valence-electron chi connectivity index (χ0n) is 23.3. The Morgan fingerprint density at radius 3 is 2.64 bits per heavy atom. The summed E-state index contributed by atoms with van der Waals surface area (Å²) >= 11 is 0. The van der Waals surface area contributed by atoms with Crippen molar-refractivity contribution in [1.29, 1.82) is 0 Å². The maximum absolute atomic E-state index is 13.1. The number of hydrogen-bond donors (Lipinski definition) is 6. The quantitative estimate of drug-likeness (QED) is 0.144. The SMILES string of the molecule is Cc1cc(=O)c2cc3c(c(N4C=C5N=CC=C5C4)c2o1)O[C@](C)(CCCO)[C@H](OOC[C@H](O)[C@@H](O)[C@H](O)[C@H](O)CO)C3. The van der Waals surface area contributed by atoms with E-state index in [-0.39, 0.29) is 18.5 Å². The second-order valence-electron chi connectivity index (χ2n) is 11.0. The average molecular weight is 589 g/mol. The highest BCUT2D eigenvalue weighted by Gasteiger charge is 2.45. The van der Waals surface area contributed by atoms with Crippen molar-refractivity contribution < 1.29 is 49.6 Å². The molecule has 0 amide bonds. The lowest BCUT2D eigenvalue weighted by Gasteiger charge is -2.42. The molecule has 42 heavy (non-hydrogen) atoms. The number of anilines is 1. The number of ether oxygens (including phenoxy) is 1. The molecule has 3 aliphatic heterocycles. The van der Waals surface area contributed by atoms with E-state index in [1.54, 1.807) is 26.1 Å². The van der Waals surface area contributed by atoms with E-state index in [9.17, 15) is 30.3 Å². The molecule has 6 atom stereocenters. The minimum Gasteiger partial charge on any atom is -0.482 e. The van der Waals surface area contributed by atoms with Gasteiger partial charge in [0.15, 0.2) is 16.8 Å². The largest absolute Gasteiger partial charge is 0.482 e. The highest BCUT2D eigenvalue weighted by atomic mass is 17.2. The lowest BCUT2D eigenvalue weighted by atomic mass is 9.85. The molecular formula is C29H36N2O11. The topological polar surface area (TPSA) is 195 Å². The zero-order chi connectivity index (χ0) is 30.2. The highest BCUT2D eigenvalue weighted by Crippen LogP contribution is 2.48. The molecule has 0 fully saturated rings. The number of aliphatic imine (C=N–C) groups is 1. The van der Waals surface area contributed by atoms with E-state index in [0.717, 1.165) is 11.3 Å². The van der Waals surface area contributed by atoms with Gasteiger partial charge < -0.3 is 44.7 Å². The molecule has 1 aromatic carbocycles. The number of aryl methyl sites for hydroxylation is 1. The summed E-state index contributed by atoms with van der Waals surface area (Å²) in [4.78, 5) is 30.4. The predicted octanol–water partition coefficient (Wildman–Crippen LogP) is -0.00758. The number of aliphatic hydroxyl groups excluding tert-OH is 6. The Labute approximate surface area is 241 Å². The monoisotopic (exact) mass is 588 g/mol. The van der Waals surface area contributed by atoms with Crippen LogP contribution >= 0.6 is 0 Å². The third-order valence-corrected chi connectivity index (χ3v) is 7.87. The molecule has 4 heterocycles. The summed E-state index contributed by atoms with van der Waals surface area (Å²) in [5, 5.41) is 58.7. The molecule has 0 aliphatic carbocycles. The van der Waals surface area contributed by atoms with Gasteiger partial charge in [0.05, 0.1) is 24.2 Å². The molecule has 3 aliphatic rings. The Hall–Kier alpha value is -3.14. The van der Waals surface area contributed by atoms with Crippen LogP contribution in [0.3, 0.4) is 0 Å². The lowest BCUT2D eigenvalue weighted by Crippen LogP contribution is -2.51. The lowest BCUT2D eigenvalue weighted by molar-refractivity contribution is -0.360. The second kappa shape index (κ2) is 12.2. The fraction of sp³-hybridized carbons (Fsp3) is 0.517. The number of allylic oxidation sites excluding steroid dienone is 1. The first-order chi connectivity index (χ1) is 20.1. The molecule has 228 valence electrons. The molecule has 2 aromatic rings. The van der Waals surface area contributed by atoms with Gasteiger partial charge in [-0.15, -0.1) is 0 Å². The third-order valence-electron chi connectivity index (χ3n) is 7.87. The van der Waals surface area contributed by atoms with Gasteiger partial charge in [0.2, 0.25) is 0 Å². The molecular weight excluding hydrogens is 552 g/mol. The van der Waals surface area contributed by atoms with Gasteiger partial charge in [-0.1, -0.05) is 0 Å². The molecule has 0 saturated heterocycles. The van der Waals surface area contributed by atoms with Crippen molar-refractivity contribution in [3.8, 4) is 5.75 Å². The number of nitrogens with zero attached hydrogens (tertiary/aromatic N) is 2. The van der Waals surface area contributed by atoms with Crippen LogP contribution in [0.2, 0.25) is 0 Å². The normalized spacial score (nSPS) is 24.1. The van der Waals surface area contributed by atoms with Gasteiger partial charge in [-0.3, -0.25) is 9.79 Å². The summed E-state index contributed by atoms with van der Waals surface area (Å²) in [5.74, 6) is 0.943. The molecule has 0 unspecified atom stereocenters. The van der Waals surface area contributed by atoms with Crippen LogP contribution in [-0.4, -0.2) is 99.3 Å². The molecule has 5 rings (SSSR count). The van der Waals surface area contributed by atoms with Gasteiger partial charge >= 0.3 is 0 Å². The fourth-order valence-corrected chi connectivity index (χ4v) is 5.45. The van der Waals surface area contributed by atoms with Crippen molar-refractivity contribution in [3.05, 3.63) is 57.2 Å². The Morgan fingerprint density at radius 1 is 1.17 bits per heavy atom. The number of hydrogen-bond acceptors (Lipinski definition) is 13. The number of benzene rings is 1. The van der Waals surface area contributed by atoms with Crippen LogP contribution in [0.1, 0.15) is 31.1 Å². The molecule has 0 bridgehead atoms. The molecule has 13 heteroatoms. The third kappa shape index (κ3) is 5.74. The Morgan fingerprint density at radius 2 is 1.93 bits per heavy atom. The minimum absolute atomic E-state index is 0.0988. The Bertz CT molecular complexity index is 1470. The standard InChI is InChI=1S/C29H36N2O11/c1-15-8-20(34)18-9-17-10-23(42-39-14-22(36)26(38)25(37)21(35)13-33)29(2,5-3-7-32)41-27(17)24(28(18)40-15)31-11-16-4-6-30-19(16)12-31/h4,6,8-9,12,21-23,25-26,32-33,35-38H,3,5,7,10-11,13-14H2,1-2H3/t21-,22+,23-,25-,26-,29-/m1/s1. The van der Waals surface area contributed by atoms with E-state index in [1.807, 2.05) is 17.2 Å². The van der Waals surface area contributed by atoms with Crippen LogP contribution in [0.25, 0.3) is 11.0 Å². The van der Waals surface area contributed by atoms with Crippen molar-refractivity contribution in [2.24, 2.45) is 4.99 Å². The number of fused-ring (bicyclic) bond motifs is 3. The smallest absolute Gasteiger partial charge is 0.193 e. The van der Waals surface area contributed by atoms with Crippen molar-refractivity contribution in [2.45, 2.75) is 69.2 Å². The van der Waals surface area contributed by atoms with Gasteiger partial charge in [-0.2, -0.15) is 0 Å². The molecule has 1 aromatic heterocycles. The zero-order valence-corrected chi connectivity index (χ0v) is 23.3. The van der Waals surface area contributed by atoms with E-state index in [2.05, 4.69) is 4.99 Å². The van der Waals surface area contributed by atoms with Gasteiger partial charge in [-0.05, 0) is 38.8 Å². The highest BCUT2D eigenvalue weighted by molar-refractivity contribution is 5.96. The maximum Gasteiger partial charge on any atom is 0.193 e. The molecule has 13 nitrogen and oxygen atoms in total. The van der Waals surface area contributed by atoms with E-state index in [0.29, 0.717) is 53.1 Å². The van der Waals surface area contributed by atoms with Gasteiger partial charge in [-0.25, -0.2) is 9.78 Å². The Balaban J connectivity index is 1.47. The fourth-order valence-electron chi connectivity index (χ4n) is 5.45. The first kappa shape index (κ1) is 30.3. The van der Waals surface area contributed by atoms with Crippen LogP contribution < -0.4 is 15.1 Å². The average Bonchev–Trinajstić information content (AvgIpc) is 3.57. The van der Waals surface area contributed by atoms with Gasteiger partial charge in [0.25, 0.3) is 0 Å². The summed E-state index contributed by atoms with van der Waals surface area (Å²) in [5.41, 5.74) is 2.16. The van der Waals surface area contributed by atoms with Crippen LogP contribution in [0, 0.1) is 6.92 Å². The van der Waals surface area contributed by atoms with Gasteiger partial charge in [0, 0.05) is 42.6 Å². The molecule has 0 radical (unpaired) electrons. The van der Waals surface area contributed by atoms with E-state index in [1.165, 1.54) is 6.07 Å². The molecule has 0 saturated carbocycles. The minimum atomic E-state index is -1.81. The summed E-state index contributed by atoms with van der Waals surface area (Å²) < 4.78 is 12.8. The number of aliphatic hydroxyl groups is 6. The van der Waals surface area contributed by atoms with Crippen LogP contribution in [0.15, 0.2) is 49.9 Å². The second-order valence-corrected chi connectivity index (χ2v) is 11.0. The van der Waals surface area contributed by atoms with Crippen molar-refractivity contribution >= 4 is 22.9 Å². The van der Waals surface area contributed by atoms with Crippen molar-refractivity contribution in [3.63, 3.8) is 0 Å². The van der Waals surface area contributed by atoms with Crippen molar-refractivity contribution in [1.82, 2.24) is 0 Å². The first-order valence-corrected chi connectivity index (χ1v) is 13.8. The summed E-state index contributed by atoms with van der Waals surface area (Å²) in [7, 11) is 0. The van der Waals surface area contributed by atoms with E-state index < -0.39 is 49.3 Å². The van der Waals surface area contributed by atoms with Gasteiger partial charge in [0.1, 0.15) is 54.2 Å². The molecule has 6 N–H and O–H groups in total. The molecule has 0 spiro atoms. The maximum atomic E-state index is 13.1. The van der Waals surface area contributed by atoms with Crippen LogP contribution in [0.4, 0.5) is 5.69 Å². The predicted molar refractivity (Wildman–Crippen MR) is 150 cm³/mol. The Kier molecular flexibility index (Phi) is 8.83. The summed E-state index contributed by atoms with van der Waals surface area (Å²) in [6.45, 7) is 2.53. The summed E-state index contributed by atoms with van der Waals surface area (Å²) in [6.07, 6.45) is -1.21. The van der Waals surface area contributed by atoms with Crippen molar-refractivity contribution in [2.75, 3.05) is 31.3 Å². The van der Waals surface area contributed by atoms with Crippen LogP contribution in [-0.2, 0) is 16.2 Å². The van der Waals surface area contributed by atoms with E-state index in [4.69, 9.17) is 24.0 Å². The van der Waals surface area contributed by atoms with Crippen LogP contribution in [0.5, 0.6) is 5.75 Å². The summed E-state index contributed by atoms with van der Waals surface area (Å²) in [6, 6.07) is 3.12. The van der Waals surface area contributed by atoms with E-state index >= 15 is 0 Å². The number of rotatable bonds is 12. The first-order valence-electron chi connectivity index (χ1n) is 13.8.